The molecule has 8 nitrogen and oxygen atoms in total. The molecule has 0 aliphatic heterocycles. The maximum atomic E-state index is 9.50. The molecule has 0 aromatic carbocycles. The maximum absolute atomic E-state index is 9.50. The van der Waals surface area contributed by atoms with Crippen LogP contribution in [0, 0.1) is 23.7 Å². The van der Waals surface area contributed by atoms with E-state index >= 15 is 0 Å². The van der Waals surface area contributed by atoms with Gasteiger partial charge in [-0.05, 0) is 11.8 Å². The number of rotatable bonds is 4. The molecule has 8 heteroatoms. The molecule has 0 aliphatic rings. The Bertz CT molecular complexity index is 214. The summed E-state index contributed by atoms with van der Waals surface area (Å²) in [5.41, 5.74) is 0. The first-order chi connectivity index (χ1) is 11.1. The van der Waals surface area contributed by atoms with Crippen molar-refractivity contribution in [2.75, 3.05) is 14.2 Å². The van der Waals surface area contributed by atoms with Gasteiger partial charge in [0.1, 0.15) is 12.6 Å². The first kappa shape index (κ1) is 49.7. The summed E-state index contributed by atoms with van der Waals surface area (Å²) in [5.74, 6) is 2.11. The van der Waals surface area contributed by atoms with Gasteiger partial charge in [-0.1, -0.05) is 55.4 Å². The van der Waals surface area contributed by atoms with E-state index in [1.165, 1.54) is 0 Å². The minimum atomic E-state index is 0. The van der Waals surface area contributed by atoms with Crippen molar-refractivity contribution in [2.45, 2.75) is 55.4 Å². The normalized spacial score (nSPS) is 7.08. The lowest BCUT2D eigenvalue weighted by atomic mass is 10.0. The molecule has 0 radical (unpaired) electrons. The minimum absolute atomic E-state index is 0. The second kappa shape index (κ2) is 56.6. The predicted molar refractivity (Wildman–Crippen MR) is 109 cm³/mol. The van der Waals surface area contributed by atoms with Crippen molar-refractivity contribution < 1.29 is 43.2 Å². The van der Waals surface area contributed by atoms with Crippen molar-refractivity contribution in [3.8, 4) is 0 Å². The van der Waals surface area contributed by atoms with Crippen LogP contribution >= 0.6 is 0 Å². The molecular formula is C18H46O8+2. The van der Waals surface area contributed by atoms with Gasteiger partial charge in [-0.3, -0.25) is 9.59 Å². The van der Waals surface area contributed by atoms with Crippen LogP contribution in [0.5, 0.6) is 0 Å². The zero-order valence-corrected chi connectivity index (χ0v) is 18.1. The predicted octanol–water partition coefficient (Wildman–Crippen LogP) is 1.16. The van der Waals surface area contributed by atoms with Gasteiger partial charge in [0, 0.05) is 26.1 Å². The standard InChI is InChI=1S/C6H14.2C4H8O.C2H2O2.2CH4O.2H2O/c1-5(2)6(3)4;2*1-4(2)3-5;3-1-2-4;2*1-2;;/h5-6H,1-4H3;2*3-4H,1-2H3;1-2H;2*2H,1H3;2*1H2/p+2. The fraction of sp³-hybridized carbons (Fsp3) is 0.778. The van der Waals surface area contributed by atoms with Gasteiger partial charge in [-0.2, -0.15) is 0 Å². The lowest BCUT2D eigenvalue weighted by Gasteiger charge is -2.05. The summed E-state index contributed by atoms with van der Waals surface area (Å²) in [4.78, 5) is 36.6. The molecule has 0 aliphatic carbocycles. The zero-order valence-electron chi connectivity index (χ0n) is 20.1. The van der Waals surface area contributed by atoms with Crippen LogP contribution in [0.3, 0.4) is 0 Å². The van der Waals surface area contributed by atoms with Crippen molar-refractivity contribution in [2.24, 2.45) is 23.7 Å². The Morgan fingerprint density at radius 2 is 0.654 bits per heavy atom. The second-order valence-electron chi connectivity index (χ2n) is 5.52. The van der Waals surface area contributed by atoms with E-state index in [4.69, 9.17) is 19.8 Å². The summed E-state index contributed by atoms with van der Waals surface area (Å²) in [6.07, 6.45) is 2.22. The van der Waals surface area contributed by atoms with E-state index in [0.29, 0.717) is 0 Å². The quantitative estimate of drug-likeness (QED) is 0.538. The van der Waals surface area contributed by atoms with Gasteiger partial charge < -0.3 is 30.8 Å². The number of aliphatic hydroxyl groups is 2. The highest BCUT2D eigenvalue weighted by Crippen LogP contribution is 2.05. The van der Waals surface area contributed by atoms with E-state index < -0.39 is 0 Å². The van der Waals surface area contributed by atoms with Gasteiger partial charge in [0.2, 0.25) is 0 Å². The molecule has 0 amide bonds. The molecule has 0 aromatic heterocycles. The Labute approximate surface area is 162 Å². The van der Waals surface area contributed by atoms with Crippen molar-refractivity contribution in [1.82, 2.24) is 0 Å². The maximum Gasteiger partial charge on any atom is 1.00 e. The van der Waals surface area contributed by atoms with Crippen LogP contribution in [0.1, 0.15) is 58.2 Å². The molecule has 0 atom stereocenters. The average Bonchev–Trinajstić information content (AvgIpc) is 2.59. The van der Waals surface area contributed by atoms with Crippen molar-refractivity contribution >= 4 is 25.1 Å². The molecule has 0 spiro atoms. The van der Waals surface area contributed by atoms with E-state index in [1.54, 1.807) is 0 Å². The first-order valence-electron chi connectivity index (χ1n) is 7.79. The van der Waals surface area contributed by atoms with Crippen LogP contribution in [0.4, 0.5) is 0 Å². The zero-order chi connectivity index (χ0) is 21.1. The molecule has 0 aromatic rings. The van der Waals surface area contributed by atoms with Gasteiger partial charge in [0.15, 0.2) is 12.6 Å². The van der Waals surface area contributed by atoms with Gasteiger partial charge in [-0.25, -0.2) is 0 Å². The van der Waals surface area contributed by atoms with Crippen LogP contribution in [-0.2, 0) is 19.2 Å². The monoisotopic (exact) mass is 390 g/mol. The second-order valence-corrected chi connectivity index (χ2v) is 5.52. The molecule has 0 bridgehead atoms. The van der Waals surface area contributed by atoms with Crippen molar-refractivity contribution in [1.29, 1.82) is 0 Å². The lowest BCUT2D eigenvalue weighted by Crippen LogP contribution is -1.95. The SMILES string of the molecule is CC(C)C(C)C.CC(C)C=O.CC(C)C=O.CO.CO.O.O.O=CC=O.[H+].[H+]. The molecular weight excluding hydrogens is 344 g/mol. The highest BCUT2D eigenvalue weighted by atomic mass is 16.2. The van der Waals surface area contributed by atoms with Gasteiger partial charge in [0.25, 0.3) is 0 Å². The summed E-state index contributed by atoms with van der Waals surface area (Å²) in [5, 5.41) is 14.0. The topological polar surface area (TPSA) is 172 Å². The van der Waals surface area contributed by atoms with Crippen LogP contribution in [0.25, 0.3) is 0 Å². The number of aldehydes is 4. The minimum Gasteiger partial charge on any atom is -0.412 e. The molecule has 6 N–H and O–H groups in total. The van der Waals surface area contributed by atoms with E-state index in [-0.39, 0.29) is 38.2 Å². The Hall–Kier alpha value is -1.48. The fourth-order valence-corrected chi connectivity index (χ4v) is 0. The highest BCUT2D eigenvalue weighted by Gasteiger charge is 1.95. The van der Waals surface area contributed by atoms with Crippen LogP contribution < -0.4 is 0 Å². The van der Waals surface area contributed by atoms with E-state index in [1.807, 2.05) is 27.7 Å². The molecule has 0 saturated carbocycles. The third kappa shape index (κ3) is 184. The van der Waals surface area contributed by atoms with Gasteiger partial charge >= 0.3 is 2.85 Å². The molecule has 0 rings (SSSR count). The smallest absolute Gasteiger partial charge is 0.412 e. The number of aliphatic hydroxyl groups excluding tert-OH is 2. The molecule has 0 unspecified atom stereocenters. The van der Waals surface area contributed by atoms with Crippen molar-refractivity contribution in [3.63, 3.8) is 0 Å². The Morgan fingerprint density at radius 3 is 0.654 bits per heavy atom. The van der Waals surface area contributed by atoms with Gasteiger partial charge in [0.05, 0.1) is 0 Å². The summed E-state index contributed by atoms with van der Waals surface area (Å²) >= 11 is 0. The Kier molecular flexibility index (Phi) is 108. The molecule has 26 heavy (non-hydrogen) atoms. The van der Waals surface area contributed by atoms with Crippen LogP contribution in [0.2, 0.25) is 0 Å². The molecule has 0 heterocycles. The van der Waals surface area contributed by atoms with Crippen molar-refractivity contribution in [3.05, 3.63) is 0 Å². The summed E-state index contributed by atoms with van der Waals surface area (Å²) < 4.78 is 0. The van der Waals surface area contributed by atoms with E-state index in [9.17, 15) is 9.59 Å². The fourth-order valence-electron chi connectivity index (χ4n) is 0. The third-order valence-corrected chi connectivity index (χ3v) is 1.93. The molecule has 164 valence electrons. The Morgan fingerprint density at radius 1 is 0.538 bits per heavy atom. The summed E-state index contributed by atoms with van der Waals surface area (Å²) in [6, 6.07) is 0. The Balaban J connectivity index is -0.0000000175. The highest BCUT2D eigenvalue weighted by molar-refractivity contribution is 6.09. The largest absolute Gasteiger partial charge is 1.00 e. The lowest BCUT2D eigenvalue weighted by molar-refractivity contribution is -0.122. The van der Waals surface area contributed by atoms with E-state index in [2.05, 4.69) is 27.7 Å². The number of hydrogen-bond donors (Lipinski definition) is 2. The number of carbonyl (C=O) groups excluding carboxylic acids is 4. The molecule has 0 fully saturated rings. The van der Waals surface area contributed by atoms with Gasteiger partial charge in [-0.15, -0.1) is 0 Å². The van der Waals surface area contributed by atoms with Crippen LogP contribution in [-0.4, -0.2) is 60.5 Å². The molecule has 0 saturated heterocycles. The average molecular weight is 391 g/mol. The summed E-state index contributed by atoms with van der Waals surface area (Å²) in [6.45, 7) is 16.4. The first-order valence-corrected chi connectivity index (χ1v) is 7.79. The van der Waals surface area contributed by atoms with Crippen LogP contribution in [0.15, 0.2) is 0 Å². The summed E-state index contributed by atoms with van der Waals surface area (Å²) in [7, 11) is 2.00. The third-order valence-electron chi connectivity index (χ3n) is 1.93. The van der Waals surface area contributed by atoms with E-state index in [0.717, 1.165) is 38.6 Å². The number of carbonyl (C=O) groups is 4. The number of hydrogen-bond acceptors (Lipinski definition) is 6.